The lowest BCUT2D eigenvalue weighted by atomic mass is 10.0. The van der Waals surface area contributed by atoms with Crippen LogP contribution in [0.4, 0.5) is 0 Å². The van der Waals surface area contributed by atoms with E-state index in [0.29, 0.717) is 21.5 Å². The van der Waals surface area contributed by atoms with Crippen molar-refractivity contribution in [2.75, 3.05) is 6.54 Å². The quantitative estimate of drug-likeness (QED) is 0.479. The fourth-order valence-corrected chi connectivity index (χ4v) is 3.64. The molecule has 0 saturated carbocycles. The Morgan fingerprint density at radius 3 is 2.72 bits per heavy atom. The van der Waals surface area contributed by atoms with Crippen molar-refractivity contribution in [3.05, 3.63) is 68.3 Å². The first-order chi connectivity index (χ1) is 14.1. The van der Waals surface area contributed by atoms with Crippen molar-refractivity contribution in [3.63, 3.8) is 0 Å². The molecule has 11 heteroatoms. The minimum Gasteiger partial charge on any atom is -0.354 e. The Morgan fingerprint density at radius 1 is 1.17 bits per heavy atom. The van der Waals surface area contributed by atoms with Gasteiger partial charge in [-0.1, -0.05) is 18.2 Å². The van der Waals surface area contributed by atoms with Crippen molar-refractivity contribution in [2.24, 2.45) is 0 Å². The van der Waals surface area contributed by atoms with E-state index in [-0.39, 0.29) is 30.2 Å². The number of thiophene rings is 1. The zero-order valence-electron chi connectivity index (χ0n) is 15.4. The Kier molecular flexibility index (Phi) is 5.04. The summed E-state index contributed by atoms with van der Waals surface area (Å²) >= 11 is 1.38. The highest BCUT2D eigenvalue weighted by atomic mass is 32.1. The van der Waals surface area contributed by atoms with E-state index in [1.165, 1.54) is 20.7 Å². The molecule has 0 saturated heterocycles. The van der Waals surface area contributed by atoms with E-state index in [2.05, 4.69) is 25.9 Å². The minimum absolute atomic E-state index is 0.183. The monoisotopic (exact) mass is 411 g/mol. The maximum atomic E-state index is 12.6. The molecule has 4 aromatic rings. The number of nitrogens with zero attached hydrogens (tertiary/aromatic N) is 5. The average molecular weight is 411 g/mol. The molecule has 0 bridgehead atoms. The number of H-pyrrole nitrogens is 1. The summed E-state index contributed by atoms with van der Waals surface area (Å²) in [6.07, 6.45) is 0. The number of benzene rings is 1. The summed E-state index contributed by atoms with van der Waals surface area (Å²) in [6.45, 7) is 2.09. The number of amides is 1. The van der Waals surface area contributed by atoms with Crippen LogP contribution in [0, 0.1) is 0 Å². The first-order valence-electron chi connectivity index (χ1n) is 8.88. The number of carbonyl (C=O) groups excluding carboxylic acids is 1. The van der Waals surface area contributed by atoms with Crippen LogP contribution in [0.15, 0.2) is 51.4 Å². The number of aromatic amines is 1. The third-order valence-electron chi connectivity index (χ3n) is 4.51. The van der Waals surface area contributed by atoms with Crippen molar-refractivity contribution >= 4 is 28.0 Å². The molecule has 10 nitrogen and oxygen atoms in total. The van der Waals surface area contributed by atoms with Gasteiger partial charge in [0, 0.05) is 11.9 Å². The molecule has 0 aliphatic rings. The van der Waals surface area contributed by atoms with E-state index in [0.717, 1.165) is 0 Å². The molecule has 1 unspecified atom stereocenters. The van der Waals surface area contributed by atoms with Crippen LogP contribution in [-0.4, -0.2) is 42.4 Å². The maximum Gasteiger partial charge on any atom is 0.369 e. The lowest BCUT2D eigenvalue weighted by Crippen LogP contribution is -2.34. The number of carbonyl (C=O) groups is 1. The van der Waals surface area contributed by atoms with Gasteiger partial charge >= 0.3 is 5.69 Å². The SMILES string of the molecule is CC(C(=O)NCCn1nnn(-c2cccs2)c1=O)c1n[nH]c(=O)c2ccccc12. The summed E-state index contributed by atoms with van der Waals surface area (Å²) in [6, 6.07) is 10.6. The molecular weight excluding hydrogens is 394 g/mol. The predicted molar refractivity (Wildman–Crippen MR) is 107 cm³/mol. The second kappa shape index (κ2) is 7.80. The lowest BCUT2D eigenvalue weighted by molar-refractivity contribution is -0.122. The van der Waals surface area contributed by atoms with Crippen LogP contribution in [-0.2, 0) is 11.3 Å². The first-order valence-corrected chi connectivity index (χ1v) is 9.76. The zero-order valence-corrected chi connectivity index (χ0v) is 16.2. The number of aromatic nitrogens is 6. The van der Waals surface area contributed by atoms with Gasteiger partial charge in [-0.3, -0.25) is 9.59 Å². The Labute approximate surface area is 167 Å². The average Bonchev–Trinajstić information content (AvgIpc) is 3.38. The van der Waals surface area contributed by atoms with Crippen molar-refractivity contribution in [1.82, 2.24) is 35.3 Å². The molecule has 1 atom stereocenters. The van der Waals surface area contributed by atoms with Gasteiger partial charge in [-0.15, -0.1) is 11.3 Å². The molecule has 4 rings (SSSR count). The van der Waals surface area contributed by atoms with E-state index in [1.54, 1.807) is 37.3 Å². The number of hydrogen-bond donors (Lipinski definition) is 2. The van der Waals surface area contributed by atoms with Gasteiger partial charge in [0.05, 0.1) is 23.5 Å². The summed E-state index contributed by atoms with van der Waals surface area (Å²) in [5, 5.41) is 20.6. The van der Waals surface area contributed by atoms with Gasteiger partial charge in [0.1, 0.15) is 5.00 Å². The van der Waals surface area contributed by atoms with Gasteiger partial charge in [-0.05, 0) is 40.9 Å². The number of tetrazole rings is 1. The standard InChI is InChI=1S/C18H17N7O3S/c1-11(15-12-5-2-3-6-13(12)17(27)21-20-15)16(26)19-8-9-24-18(28)25(23-22-24)14-7-4-10-29-14/h2-7,10-11H,8-9H2,1H3,(H,19,26)(H,21,27). The molecule has 29 heavy (non-hydrogen) atoms. The number of rotatable bonds is 6. The smallest absolute Gasteiger partial charge is 0.354 e. The van der Waals surface area contributed by atoms with Gasteiger partial charge < -0.3 is 5.32 Å². The summed E-state index contributed by atoms with van der Waals surface area (Å²) in [4.78, 5) is 36.8. The molecule has 148 valence electrons. The fraction of sp³-hybridized carbons (Fsp3) is 0.222. The third kappa shape index (κ3) is 3.59. The van der Waals surface area contributed by atoms with Gasteiger partial charge in [-0.2, -0.15) is 14.5 Å². The van der Waals surface area contributed by atoms with Crippen LogP contribution in [0.5, 0.6) is 0 Å². The maximum absolute atomic E-state index is 12.6. The highest BCUT2D eigenvalue weighted by Gasteiger charge is 2.20. The van der Waals surface area contributed by atoms with Crippen LogP contribution in [0.25, 0.3) is 15.8 Å². The van der Waals surface area contributed by atoms with Crippen molar-refractivity contribution in [2.45, 2.75) is 19.4 Å². The Morgan fingerprint density at radius 2 is 1.97 bits per heavy atom. The predicted octanol–water partition coefficient (Wildman–Crippen LogP) is 0.647. The second-order valence-electron chi connectivity index (χ2n) is 6.34. The summed E-state index contributed by atoms with van der Waals surface area (Å²) in [5.41, 5.74) is -0.188. The topological polar surface area (TPSA) is 128 Å². The van der Waals surface area contributed by atoms with E-state index >= 15 is 0 Å². The molecule has 0 aliphatic heterocycles. The highest BCUT2D eigenvalue weighted by Crippen LogP contribution is 2.20. The third-order valence-corrected chi connectivity index (χ3v) is 5.35. The van der Waals surface area contributed by atoms with Crippen molar-refractivity contribution in [3.8, 4) is 5.00 Å². The van der Waals surface area contributed by atoms with E-state index in [9.17, 15) is 14.4 Å². The zero-order chi connectivity index (χ0) is 20.4. The van der Waals surface area contributed by atoms with Gasteiger partial charge in [0.15, 0.2) is 0 Å². The molecule has 1 aromatic carbocycles. The van der Waals surface area contributed by atoms with E-state index in [4.69, 9.17) is 0 Å². The summed E-state index contributed by atoms with van der Waals surface area (Å²) < 4.78 is 2.41. The Balaban J connectivity index is 1.44. The molecule has 0 aliphatic carbocycles. The van der Waals surface area contributed by atoms with Crippen LogP contribution < -0.4 is 16.6 Å². The van der Waals surface area contributed by atoms with Crippen LogP contribution in [0.3, 0.4) is 0 Å². The summed E-state index contributed by atoms with van der Waals surface area (Å²) in [5.74, 6) is -0.858. The fourth-order valence-electron chi connectivity index (χ4n) is 2.97. The minimum atomic E-state index is -0.588. The molecule has 1 amide bonds. The van der Waals surface area contributed by atoms with Crippen LogP contribution in [0.2, 0.25) is 0 Å². The molecular formula is C18H17N7O3S. The van der Waals surface area contributed by atoms with Crippen molar-refractivity contribution in [1.29, 1.82) is 0 Å². The summed E-state index contributed by atoms with van der Waals surface area (Å²) in [7, 11) is 0. The van der Waals surface area contributed by atoms with Gasteiger partial charge in [-0.25, -0.2) is 9.89 Å². The largest absolute Gasteiger partial charge is 0.369 e. The second-order valence-corrected chi connectivity index (χ2v) is 7.27. The van der Waals surface area contributed by atoms with Gasteiger partial charge in [0.2, 0.25) is 5.91 Å². The number of nitrogens with one attached hydrogen (secondary N) is 2. The molecule has 3 heterocycles. The Hall–Kier alpha value is -3.60. The highest BCUT2D eigenvalue weighted by molar-refractivity contribution is 7.12. The van der Waals surface area contributed by atoms with E-state index < -0.39 is 5.92 Å². The van der Waals surface area contributed by atoms with Crippen LogP contribution in [0.1, 0.15) is 18.5 Å². The van der Waals surface area contributed by atoms with Gasteiger partial charge in [0.25, 0.3) is 5.56 Å². The number of hydrogen-bond acceptors (Lipinski definition) is 7. The van der Waals surface area contributed by atoms with Crippen molar-refractivity contribution < 1.29 is 4.79 Å². The molecule has 2 N–H and O–H groups in total. The Bertz CT molecular complexity index is 1270. The lowest BCUT2D eigenvalue weighted by Gasteiger charge is -2.13. The molecule has 3 aromatic heterocycles. The molecule has 0 spiro atoms. The normalized spacial score (nSPS) is 12.2. The molecule has 0 fully saturated rings. The first kappa shape index (κ1) is 18.7. The van der Waals surface area contributed by atoms with E-state index in [1.807, 2.05) is 11.4 Å². The number of fused-ring (bicyclic) bond motifs is 1. The van der Waals surface area contributed by atoms with Crippen LogP contribution >= 0.6 is 11.3 Å². The molecule has 0 radical (unpaired) electrons.